The number of carbonyl (C=O) groups is 2. The van der Waals surface area contributed by atoms with Crippen molar-refractivity contribution in [1.29, 1.82) is 0 Å². The van der Waals surface area contributed by atoms with E-state index in [0.29, 0.717) is 25.2 Å². The number of hydrogen-bond acceptors (Lipinski definition) is 5. The molecule has 2 amide bonds. The summed E-state index contributed by atoms with van der Waals surface area (Å²) in [5.74, 6) is 0.0271. The van der Waals surface area contributed by atoms with Gasteiger partial charge in [0.05, 0.1) is 6.04 Å². The van der Waals surface area contributed by atoms with Gasteiger partial charge in [0.25, 0.3) is 5.91 Å². The van der Waals surface area contributed by atoms with Crippen LogP contribution in [0.15, 0.2) is 5.38 Å². The maximum atomic E-state index is 12.4. The third-order valence-electron chi connectivity index (χ3n) is 3.60. The molecule has 3 N–H and O–H groups in total. The van der Waals surface area contributed by atoms with E-state index in [1.165, 1.54) is 11.3 Å². The van der Waals surface area contributed by atoms with Gasteiger partial charge in [-0.2, -0.15) is 0 Å². The Balaban J connectivity index is 1.89. The molecule has 0 bridgehead atoms. The Labute approximate surface area is 128 Å². The minimum Gasteiger partial charge on any atom is -0.353 e. The largest absolute Gasteiger partial charge is 0.353 e. The highest BCUT2D eigenvalue weighted by atomic mass is 32.1. The average Bonchev–Trinajstić information content (AvgIpc) is 2.97. The van der Waals surface area contributed by atoms with Crippen LogP contribution < -0.4 is 11.1 Å². The maximum Gasteiger partial charge on any atom is 0.273 e. The first kappa shape index (κ1) is 15.9. The fourth-order valence-corrected chi connectivity index (χ4v) is 3.07. The number of piperidine rings is 1. The fourth-order valence-electron chi connectivity index (χ4n) is 2.31. The Morgan fingerprint density at radius 3 is 2.71 bits per heavy atom. The molecule has 21 heavy (non-hydrogen) atoms. The minimum absolute atomic E-state index is 0.0431. The van der Waals surface area contributed by atoms with Crippen molar-refractivity contribution in [1.82, 2.24) is 15.2 Å². The van der Waals surface area contributed by atoms with Gasteiger partial charge in [-0.25, -0.2) is 4.98 Å². The number of rotatable bonds is 4. The van der Waals surface area contributed by atoms with E-state index in [2.05, 4.69) is 10.3 Å². The Kier molecular flexibility index (Phi) is 5.30. The molecule has 1 unspecified atom stereocenters. The molecule has 1 fully saturated rings. The van der Waals surface area contributed by atoms with Gasteiger partial charge < -0.3 is 16.0 Å². The number of likely N-dealkylation sites (tertiary alicyclic amines) is 1. The van der Waals surface area contributed by atoms with Crippen LogP contribution in [0, 0.1) is 0 Å². The van der Waals surface area contributed by atoms with Crippen molar-refractivity contribution in [3.8, 4) is 0 Å². The van der Waals surface area contributed by atoms with Crippen LogP contribution in [0.3, 0.4) is 0 Å². The molecule has 2 rings (SSSR count). The fraction of sp³-hybridized carbons (Fsp3) is 0.643. The van der Waals surface area contributed by atoms with Gasteiger partial charge in [-0.15, -0.1) is 11.3 Å². The van der Waals surface area contributed by atoms with Crippen molar-refractivity contribution < 1.29 is 9.59 Å². The SMILES string of the molecule is CCC(=O)NC1CCN(C(=O)c2csc(C(C)N)n2)CC1. The normalized spacial score (nSPS) is 17.6. The molecular weight excluding hydrogens is 288 g/mol. The first-order valence-corrected chi connectivity index (χ1v) is 8.18. The summed E-state index contributed by atoms with van der Waals surface area (Å²) < 4.78 is 0. The van der Waals surface area contributed by atoms with E-state index >= 15 is 0 Å². The molecule has 0 spiro atoms. The van der Waals surface area contributed by atoms with E-state index in [0.717, 1.165) is 17.8 Å². The highest BCUT2D eigenvalue weighted by molar-refractivity contribution is 7.09. The summed E-state index contributed by atoms with van der Waals surface area (Å²) >= 11 is 1.42. The van der Waals surface area contributed by atoms with Crippen molar-refractivity contribution in [2.75, 3.05) is 13.1 Å². The van der Waals surface area contributed by atoms with Crippen molar-refractivity contribution >= 4 is 23.2 Å². The molecule has 6 nitrogen and oxygen atoms in total. The van der Waals surface area contributed by atoms with Gasteiger partial charge in [0.1, 0.15) is 10.7 Å². The van der Waals surface area contributed by atoms with E-state index in [1.807, 2.05) is 13.8 Å². The molecule has 1 aliphatic rings. The second kappa shape index (κ2) is 7.00. The Hall–Kier alpha value is -1.47. The Morgan fingerprint density at radius 2 is 2.19 bits per heavy atom. The molecule has 116 valence electrons. The smallest absolute Gasteiger partial charge is 0.273 e. The summed E-state index contributed by atoms with van der Waals surface area (Å²) in [5.41, 5.74) is 6.24. The first-order valence-electron chi connectivity index (χ1n) is 7.31. The van der Waals surface area contributed by atoms with E-state index in [4.69, 9.17) is 5.73 Å². The zero-order chi connectivity index (χ0) is 15.4. The zero-order valence-corrected chi connectivity index (χ0v) is 13.3. The number of nitrogens with two attached hydrogens (primary N) is 1. The van der Waals surface area contributed by atoms with Gasteiger partial charge in [-0.3, -0.25) is 9.59 Å². The van der Waals surface area contributed by atoms with Crippen LogP contribution in [0.2, 0.25) is 0 Å². The number of carbonyl (C=O) groups excluding carboxylic acids is 2. The summed E-state index contributed by atoms with van der Waals surface area (Å²) in [6.07, 6.45) is 2.08. The molecule has 1 aromatic rings. The van der Waals surface area contributed by atoms with Gasteiger partial charge >= 0.3 is 0 Å². The van der Waals surface area contributed by atoms with Crippen molar-refractivity contribution in [3.05, 3.63) is 16.1 Å². The van der Waals surface area contributed by atoms with Crippen LogP contribution in [0.5, 0.6) is 0 Å². The van der Waals surface area contributed by atoms with Crippen LogP contribution in [0.1, 0.15) is 54.6 Å². The monoisotopic (exact) mass is 310 g/mol. The lowest BCUT2D eigenvalue weighted by molar-refractivity contribution is -0.121. The van der Waals surface area contributed by atoms with Crippen LogP contribution in [0.4, 0.5) is 0 Å². The molecule has 0 aromatic carbocycles. The van der Waals surface area contributed by atoms with Gasteiger partial charge in [0.2, 0.25) is 5.91 Å². The standard InChI is InChI=1S/C14H22N4O2S/c1-3-12(19)16-10-4-6-18(7-5-10)14(20)11-8-21-13(17-11)9(2)15/h8-10H,3-7,15H2,1-2H3,(H,16,19). The summed E-state index contributed by atoms with van der Waals surface area (Å²) in [6, 6.07) is 0.0306. The number of thiazole rings is 1. The second-order valence-corrected chi connectivity index (χ2v) is 6.24. The predicted octanol–water partition coefficient (Wildman–Crippen LogP) is 1.29. The van der Waals surface area contributed by atoms with Crippen LogP contribution in [-0.4, -0.2) is 40.8 Å². The summed E-state index contributed by atoms with van der Waals surface area (Å²) in [4.78, 5) is 29.8. The minimum atomic E-state index is -0.147. The van der Waals surface area contributed by atoms with E-state index in [-0.39, 0.29) is 23.9 Å². The number of nitrogens with one attached hydrogen (secondary N) is 1. The number of aromatic nitrogens is 1. The van der Waals surface area contributed by atoms with Crippen LogP contribution >= 0.6 is 11.3 Å². The Bertz CT molecular complexity index is 507. The predicted molar refractivity (Wildman–Crippen MR) is 82.1 cm³/mol. The second-order valence-electron chi connectivity index (χ2n) is 5.35. The lowest BCUT2D eigenvalue weighted by Crippen LogP contribution is -2.46. The zero-order valence-electron chi connectivity index (χ0n) is 12.5. The van der Waals surface area contributed by atoms with Crippen molar-refractivity contribution in [3.63, 3.8) is 0 Å². The highest BCUT2D eigenvalue weighted by Gasteiger charge is 2.25. The number of hydrogen-bond donors (Lipinski definition) is 2. The molecule has 0 radical (unpaired) electrons. The molecule has 7 heteroatoms. The lowest BCUT2D eigenvalue weighted by Gasteiger charge is -2.32. The maximum absolute atomic E-state index is 12.4. The lowest BCUT2D eigenvalue weighted by atomic mass is 10.0. The molecule has 0 aliphatic carbocycles. The van der Waals surface area contributed by atoms with E-state index < -0.39 is 0 Å². The summed E-state index contributed by atoms with van der Waals surface area (Å²) in [5, 5.41) is 5.53. The van der Waals surface area contributed by atoms with Gasteiger partial charge in [0, 0.05) is 30.9 Å². The third kappa shape index (κ3) is 4.01. The molecule has 1 aliphatic heterocycles. The number of nitrogens with zero attached hydrogens (tertiary/aromatic N) is 2. The molecule has 0 saturated carbocycles. The number of amides is 2. The highest BCUT2D eigenvalue weighted by Crippen LogP contribution is 2.19. The quantitative estimate of drug-likeness (QED) is 0.877. The third-order valence-corrected chi connectivity index (χ3v) is 4.64. The molecule has 2 heterocycles. The average molecular weight is 310 g/mol. The van der Waals surface area contributed by atoms with Gasteiger partial charge in [0.15, 0.2) is 0 Å². The van der Waals surface area contributed by atoms with Crippen LogP contribution in [-0.2, 0) is 4.79 Å². The van der Waals surface area contributed by atoms with E-state index in [9.17, 15) is 9.59 Å². The van der Waals surface area contributed by atoms with E-state index in [1.54, 1.807) is 10.3 Å². The van der Waals surface area contributed by atoms with Crippen molar-refractivity contribution in [2.24, 2.45) is 5.73 Å². The van der Waals surface area contributed by atoms with Gasteiger partial charge in [-0.05, 0) is 19.8 Å². The molecular formula is C14H22N4O2S. The van der Waals surface area contributed by atoms with Crippen molar-refractivity contribution in [2.45, 2.75) is 45.2 Å². The first-order chi connectivity index (χ1) is 10.0. The topological polar surface area (TPSA) is 88.3 Å². The molecule has 1 atom stereocenters. The summed E-state index contributed by atoms with van der Waals surface area (Å²) in [6.45, 7) is 5.00. The van der Waals surface area contributed by atoms with Crippen LogP contribution in [0.25, 0.3) is 0 Å². The summed E-state index contributed by atoms with van der Waals surface area (Å²) in [7, 11) is 0. The molecule has 1 saturated heterocycles. The van der Waals surface area contributed by atoms with Gasteiger partial charge in [-0.1, -0.05) is 6.92 Å². The Morgan fingerprint density at radius 1 is 1.52 bits per heavy atom. The molecule has 1 aromatic heterocycles.